The zero-order valence-electron chi connectivity index (χ0n) is 10.2. The van der Waals surface area contributed by atoms with E-state index in [2.05, 4.69) is 17.4 Å². The quantitative estimate of drug-likeness (QED) is 0.788. The van der Waals surface area contributed by atoms with Crippen LogP contribution < -0.4 is 5.32 Å². The van der Waals surface area contributed by atoms with Gasteiger partial charge in [-0.15, -0.1) is 0 Å². The third-order valence-electron chi connectivity index (χ3n) is 4.04. The molecule has 17 heavy (non-hydrogen) atoms. The SMILES string of the molecule is OCC(NC(C1CC1)C1CC1)c1ccccc1. The Morgan fingerprint density at radius 3 is 2.12 bits per heavy atom. The van der Waals surface area contributed by atoms with Gasteiger partial charge in [-0.1, -0.05) is 30.3 Å². The van der Waals surface area contributed by atoms with E-state index in [1.54, 1.807) is 0 Å². The van der Waals surface area contributed by atoms with Crippen LogP contribution in [0.15, 0.2) is 30.3 Å². The number of benzene rings is 1. The maximum absolute atomic E-state index is 9.57. The Labute approximate surface area is 103 Å². The Bertz CT molecular complexity index is 344. The summed E-state index contributed by atoms with van der Waals surface area (Å²) >= 11 is 0. The van der Waals surface area contributed by atoms with Crippen LogP contribution in [-0.4, -0.2) is 17.8 Å². The lowest BCUT2D eigenvalue weighted by Crippen LogP contribution is -2.37. The zero-order chi connectivity index (χ0) is 11.7. The molecule has 0 aromatic heterocycles. The van der Waals surface area contributed by atoms with Crippen molar-refractivity contribution >= 4 is 0 Å². The predicted molar refractivity (Wildman–Crippen MR) is 68.6 cm³/mol. The molecule has 2 aliphatic carbocycles. The van der Waals surface area contributed by atoms with Crippen LogP contribution in [0.2, 0.25) is 0 Å². The monoisotopic (exact) mass is 231 g/mol. The molecule has 1 atom stereocenters. The Morgan fingerprint density at radius 2 is 1.65 bits per heavy atom. The summed E-state index contributed by atoms with van der Waals surface area (Å²) in [6.07, 6.45) is 5.50. The highest BCUT2D eigenvalue weighted by molar-refractivity contribution is 5.19. The molecular weight excluding hydrogens is 210 g/mol. The van der Waals surface area contributed by atoms with E-state index in [0.717, 1.165) is 11.8 Å². The summed E-state index contributed by atoms with van der Waals surface area (Å²) in [7, 11) is 0. The van der Waals surface area contributed by atoms with Crippen molar-refractivity contribution in [2.45, 2.75) is 37.8 Å². The molecule has 2 saturated carbocycles. The fourth-order valence-electron chi connectivity index (χ4n) is 2.74. The highest BCUT2D eigenvalue weighted by Gasteiger charge is 2.42. The van der Waals surface area contributed by atoms with Gasteiger partial charge in [0, 0.05) is 6.04 Å². The molecule has 2 aliphatic rings. The topological polar surface area (TPSA) is 32.3 Å². The first-order valence-corrected chi connectivity index (χ1v) is 6.80. The first-order chi connectivity index (χ1) is 8.38. The van der Waals surface area contributed by atoms with Crippen LogP contribution in [0.5, 0.6) is 0 Å². The fourth-order valence-corrected chi connectivity index (χ4v) is 2.74. The van der Waals surface area contributed by atoms with E-state index in [1.807, 2.05) is 18.2 Å². The van der Waals surface area contributed by atoms with Crippen molar-refractivity contribution in [1.29, 1.82) is 0 Å². The van der Waals surface area contributed by atoms with Gasteiger partial charge in [-0.3, -0.25) is 0 Å². The van der Waals surface area contributed by atoms with Gasteiger partial charge in [-0.25, -0.2) is 0 Å². The van der Waals surface area contributed by atoms with Gasteiger partial charge in [0.1, 0.15) is 0 Å². The van der Waals surface area contributed by atoms with Crippen molar-refractivity contribution in [1.82, 2.24) is 5.32 Å². The van der Waals surface area contributed by atoms with Gasteiger partial charge in [-0.2, -0.15) is 0 Å². The minimum atomic E-state index is 0.113. The van der Waals surface area contributed by atoms with E-state index in [4.69, 9.17) is 0 Å². The zero-order valence-corrected chi connectivity index (χ0v) is 10.2. The summed E-state index contributed by atoms with van der Waals surface area (Å²) in [4.78, 5) is 0. The second-order valence-electron chi connectivity index (χ2n) is 5.51. The van der Waals surface area contributed by atoms with Crippen molar-refractivity contribution in [2.75, 3.05) is 6.61 Å². The van der Waals surface area contributed by atoms with Crippen LogP contribution in [0, 0.1) is 11.8 Å². The maximum atomic E-state index is 9.57. The molecule has 0 spiro atoms. The molecule has 1 unspecified atom stereocenters. The first kappa shape index (κ1) is 11.2. The lowest BCUT2D eigenvalue weighted by Gasteiger charge is -2.25. The molecule has 2 nitrogen and oxygen atoms in total. The summed E-state index contributed by atoms with van der Waals surface area (Å²) in [6, 6.07) is 11.1. The van der Waals surface area contributed by atoms with Crippen LogP contribution in [0.4, 0.5) is 0 Å². The number of aliphatic hydroxyl groups is 1. The minimum absolute atomic E-state index is 0.113. The van der Waals surface area contributed by atoms with Gasteiger partial charge in [-0.05, 0) is 43.1 Å². The van der Waals surface area contributed by atoms with Crippen LogP contribution >= 0.6 is 0 Å². The summed E-state index contributed by atoms with van der Waals surface area (Å²) in [5.74, 6) is 1.75. The molecule has 0 bridgehead atoms. The minimum Gasteiger partial charge on any atom is -0.394 e. The van der Waals surface area contributed by atoms with Gasteiger partial charge in [0.25, 0.3) is 0 Å². The molecule has 0 amide bonds. The van der Waals surface area contributed by atoms with Crippen molar-refractivity contribution < 1.29 is 5.11 Å². The van der Waals surface area contributed by atoms with Gasteiger partial charge >= 0.3 is 0 Å². The van der Waals surface area contributed by atoms with E-state index >= 15 is 0 Å². The van der Waals surface area contributed by atoms with E-state index in [-0.39, 0.29) is 12.6 Å². The van der Waals surface area contributed by atoms with E-state index < -0.39 is 0 Å². The molecule has 2 fully saturated rings. The van der Waals surface area contributed by atoms with Crippen molar-refractivity contribution in [3.05, 3.63) is 35.9 Å². The summed E-state index contributed by atoms with van der Waals surface area (Å²) in [5, 5.41) is 13.3. The first-order valence-electron chi connectivity index (χ1n) is 6.80. The number of nitrogens with one attached hydrogen (secondary N) is 1. The number of hydrogen-bond acceptors (Lipinski definition) is 2. The largest absolute Gasteiger partial charge is 0.394 e. The van der Waals surface area contributed by atoms with Crippen molar-refractivity contribution in [2.24, 2.45) is 11.8 Å². The third-order valence-corrected chi connectivity index (χ3v) is 4.04. The van der Waals surface area contributed by atoms with E-state index in [0.29, 0.717) is 6.04 Å². The van der Waals surface area contributed by atoms with E-state index in [1.165, 1.54) is 31.2 Å². The van der Waals surface area contributed by atoms with E-state index in [9.17, 15) is 5.11 Å². The van der Waals surface area contributed by atoms with Gasteiger partial charge in [0.05, 0.1) is 12.6 Å². The molecule has 0 saturated heterocycles. The van der Waals surface area contributed by atoms with Crippen molar-refractivity contribution in [3.63, 3.8) is 0 Å². The molecule has 2 N–H and O–H groups in total. The summed E-state index contributed by atoms with van der Waals surface area (Å²) < 4.78 is 0. The second-order valence-corrected chi connectivity index (χ2v) is 5.51. The smallest absolute Gasteiger partial charge is 0.0626 e. The van der Waals surface area contributed by atoms with Crippen LogP contribution in [0.1, 0.15) is 37.3 Å². The average Bonchev–Trinajstić information content (AvgIpc) is 3.25. The van der Waals surface area contributed by atoms with Gasteiger partial charge < -0.3 is 10.4 Å². The molecule has 1 aromatic rings. The van der Waals surface area contributed by atoms with Gasteiger partial charge in [0.2, 0.25) is 0 Å². The lowest BCUT2D eigenvalue weighted by atomic mass is 10.0. The van der Waals surface area contributed by atoms with Crippen molar-refractivity contribution in [3.8, 4) is 0 Å². The average molecular weight is 231 g/mol. The molecule has 0 aliphatic heterocycles. The summed E-state index contributed by atoms with van der Waals surface area (Å²) in [5.41, 5.74) is 1.21. The summed E-state index contributed by atoms with van der Waals surface area (Å²) in [6.45, 7) is 0.194. The van der Waals surface area contributed by atoms with Crippen LogP contribution in [-0.2, 0) is 0 Å². The maximum Gasteiger partial charge on any atom is 0.0626 e. The molecule has 1 aromatic carbocycles. The Hall–Kier alpha value is -0.860. The second kappa shape index (κ2) is 4.79. The lowest BCUT2D eigenvalue weighted by molar-refractivity contribution is 0.222. The third kappa shape index (κ3) is 2.70. The highest BCUT2D eigenvalue weighted by atomic mass is 16.3. The Kier molecular flexibility index (Phi) is 3.17. The number of rotatable bonds is 6. The molecule has 0 heterocycles. The molecule has 92 valence electrons. The Morgan fingerprint density at radius 1 is 1.06 bits per heavy atom. The van der Waals surface area contributed by atoms with Crippen LogP contribution in [0.25, 0.3) is 0 Å². The normalized spacial score (nSPS) is 21.8. The Balaban J connectivity index is 1.68. The number of aliphatic hydroxyl groups excluding tert-OH is 1. The molecule has 3 rings (SSSR count). The standard InChI is InChI=1S/C15H21NO/c17-10-14(11-4-2-1-3-5-11)16-15(12-6-7-12)13-8-9-13/h1-5,12-17H,6-10H2. The molecular formula is C15H21NO. The molecule has 2 heteroatoms. The van der Waals surface area contributed by atoms with Crippen LogP contribution in [0.3, 0.4) is 0 Å². The van der Waals surface area contributed by atoms with Gasteiger partial charge in [0.15, 0.2) is 0 Å². The highest BCUT2D eigenvalue weighted by Crippen LogP contribution is 2.45. The fraction of sp³-hybridized carbons (Fsp3) is 0.600. The predicted octanol–water partition coefficient (Wildman–Crippen LogP) is 2.50. The molecule has 0 radical (unpaired) electrons. The number of hydrogen-bond donors (Lipinski definition) is 2.